The molecule has 1 atom stereocenters. The number of ether oxygens (including phenoxy) is 1. The van der Waals surface area contributed by atoms with Crippen LogP contribution in [0.2, 0.25) is 0 Å². The fourth-order valence-corrected chi connectivity index (χ4v) is 1.98. The van der Waals surface area contributed by atoms with E-state index in [9.17, 15) is 0 Å². The molecule has 0 amide bonds. The molecule has 0 unspecified atom stereocenters. The number of hydrogen-bond acceptors (Lipinski definition) is 2. The van der Waals surface area contributed by atoms with Crippen molar-refractivity contribution in [2.24, 2.45) is 0 Å². The maximum Gasteiger partial charge on any atom is 0.120 e. The Balaban J connectivity index is 2.00. The monoisotopic (exact) mass is 289 g/mol. The molecule has 0 bridgehead atoms. The minimum absolute atomic E-state index is 0.359. The van der Waals surface area contributed by atoms with Gasteiger partial charge in [-0.1, -0.05) is 6.07 Å². The summed E-state index contributed by atoms with van der Waals surface area (Å²) in [5.74, 6) is 0.987. The van der Waals surface area contributed by atoms with Crippen molar-refractivity contribution in [1.82, 2.24) is 5.32 Å². The third-order valence-electron chi connectivity index (χ3n) is 2.11. The molecule has 70 valence electrons. The molecule has 2 rings (SSSR count). The van der Waals surface area contributed by atoms with Crippen molar-refractivity contribution in [2.45, 2.75) is 12.5 Å². The van der Waals surface area contributed by atoms with Gasteiger partial charge in [-0.2, -0.15) is 0 Å². The van der Waals surface area contributed by atoms with E-state index in [-0.39, 0.29) is 0 Å². The smallest absolute Gasteiger partial charge is 0.120 e. The van der Waals surface area contributed by atoms with Crippen LogP contribution < -0.4 is 10.1 Å². The summed E-state index contributed by atoms with van der Waals surface area (Å²) in [4.78, 5) is 0. The molecule has 1 aromatic rings. The maximum atomic E-state index is 5.79. The molecule has 0 radical (unpaired) electrons. The van der Waals surface area contributed by atoms with Crippen LogP contribution in [0.4, 0.5) is 0 Å². The zero-order chi connectivity index (χ0) is 9.10. The lowest BCUT2D eigenvalue weighted by atomic mass is 10.3. The van der Waals surface area contributed by atoms with E-state index < -0.39 is 0 Å². The number of hydrogen-bond donors (Lipinski definition) is 1. The van der Waals surface area contributed by atoms with Gasteiger partial charge in [-0.25, -0.2) is 0 Å². The molecule has 2 nitrogen and oxygen atoms in total. The van der Waals surface area contributed by atoms with Gasteiger partial charge in [0.15, 0.2) is 0 Å². The zero-order valence-electron chi connectivity index (χ0n) is 7.29. The van der Waals surface area contributed by atoms with Crippen molar-refractivity contribution in [1.29, 1.82) is 0 Å². The summed E-state index contributed by atoms with van der Waals surface area (Å²) in [6.07, 6.45) is 1.48. The average molecular weight is 289 g/mol. The van der Waals surface area contributed by atoms with Crippen molar-refractivity contribution >= 4 is 22.6 Å². The maximum absolute atomic E-state index is 5.79. The SMILES string of the molecule is Ic1cccc(O[C@H]2CCNC2)c1. The molecule has 1 aliphatic heterocycles. The highest BCUT2D eigenvalue weighted by Crippen LogP contribution is 2.17. The minimum atomic E-state index is 0.359. The van der Waals surface area contributed by atoms with Gasteiger partial charge in [0, 0.05) is 10.1 Å². The first-order valence-corrected chi connectivity index (χ1v) is 5.55. The fraction of sp³-hybridized carbons (Fsp3) is 0.400. The molecule has 3 heteroatoms. The molecule has 0 aromatic heterocycles. The number of nitrogens with one attached hydrogen (secondary N) is 1. The summed E-state index contributed by atoms with van der Waals surface area (Å²) in [6.45, 7) is 2.06. The lowest BCUT2D eigenvalue weighted by Gasteiger charge is -2.12. The van der Waals surface area contributed by atoms with Crippen LogP contribution in [0.15, 0.2) is 24.3 Å². The van der Waals surface area contributed by atoms with Gasteiger partial charge < -0.3 is 10.1 Å². The normalized spacial score (nSPS) is 21.8. The summed E-state index contributed by atoms with van der Waals surface area (Å²) in [5, 5.41) is 3.28. The first-order chi connectivity index (χ1) is 6.34. The van der Waals surface area contributed by atoms with E-state index in [0.717, 1.165) is 25.3 Å². The molecule has 1 heterocycles. The second-order valence-electron chi connectivity index (χ2n) is 3.19. The predicted molar refractivity (Wildman–Crippen MR) is 61.1 cm³/mol. The van der Waals surface area contributed by atoms with E-state index in [1.54, 1.807) is 0 Å². The summed E-state index contributed by atoms with van der Waals surface area (Å²) in [5.41, 5.74) is 0. The fourth-order valence-electron chi connectivity index (χ4n) is 1.46. The zero-order valence-corrected chi connectivity index (χ0v) is 9.45. The summed E-state index contributed by atoms with van der Waals surface area (Å²) in [7, 11) is 0. The summed E-state index contributed by atoms with van der Waals surface area (Å²) >= 11 is 2.30. The third-order valence-corrected chi connectivity index (χ3v) is 2.78. The van der Waals surface area contributed by atoms with Crippen molar-refractivity contribution in [3.05, 3.63) is 27.8 Å². The molecular formula is C10H12INO. The van der Waals surface area contributed by atoms with Gasteiger partial charge in [0.1, 0.15) is 11.9 Å². The predicted octanol–water partition coefficient (Wildman–Crippen LogP) is 2.03. The Morgan fingerprint density at radius 3 is 3.08 bits per heavy atom. The van der Waals surface area contributed by atoms with Crippen LogP contribution in [0.3, 0.4) is 0 Å². The van der Waals surface area contributed by atoms with Gasteiger partial charge in [-0.3, -0.25) is 0 Å². The highest BCUT2D eigenvalue weighted by Gasteiger charge is 2.15. The van der Waals surface area contributed by atoms with E-state index in [1.165, 1.54) is 3.57 Å². The second kappa shape index (κ2) is 4.28. The van der Waals surface area contributed by atoms with Crippen molar-refractivity contribution < 1.29 is 4.74 Å². The second-order valence-corrected chi connectivity index (χ2v) is 4.44. The van der Waals surface area contributed by atoms with Crippen LogP contribution >= 0.6 is 22.6 Å². The highest BCUT2D eigenvalue weighted by atomic mass is 127. The van der Waals surface area contributed by atoms with Gasteiger partial charge in [0.05, 0.1) is 0 Å². The first-order valence-electron chi connectivity index (χ1n) is 4.47. The number of halogens is 1. The summed E-state index contributed by atoms with van der Waals surface area (Å²) < 4.78 is 7.01. The highest BCUT2D eigenvalue weighted by molar-refractivity contribution is 14.1. The summed E-state index contributed by atoms with van der Waals surface area (Å²) in [6, 6.07) is 8.18. The number of benzene rings is 1. The lowest BCUT2D eigenvalue weighted by molar-refractivity contribution is 0.223. The van der Waals surface area contributed by atoms with Gasteiger partial charge >= 0.3 is 0 Å². The minimum Gasteiger partial charge on any atom is -0.489 e. The Kier molecular flexibility index (Phi) is 3.05. The Morgan fingerprint density at radius 2 is 2.38 bits per heavy atom. The van der Waals surface area contributed by atoms with E-state index >= 15 is 0 Å². The Bertz CT molecular complexity index is 284. The van der Waals surface area contributed by atoms with Gasteiger partial charge in [0.2, 0.25) is 0 Å². The molecule has 13 heavy (non-hydrogen) atoms. The van der Waals surface area contributed by atoms with Crippen LogP contribution in [0, 0.1) is 3.57 Å². The van der Waals surface area contributed by atoms with Gasteiger partial charge in [-0.05, 0) is 53.8 Å². The largest absolute Gasteiger partial charge is 0.489 e. The molecule has 0 aliphatic carbocycles. The van der Waals surface area contributed by atoms with Gasteiger partial charge in [-0.15, -0.1) is 0 Å². The van der Waals surface area contributed by atoms with E-state index in [4.69, 9.17) is 4.74 Å². The van der Waals surface area contributed by atoms with E-state index in [1.807, 2.05) is 12.1 Å². The van der Waals surface area contributed by atoms with E-state index in [0.29, 0.717) is 6.10 Å². The van der Waals surface area contributed by atoms with Gasteiger partial charge in [0.25, 0.3) is 0 Å². The van der Waals surface area contributed by atoms with Crippen molar-refractivity contribution in [3.8, 4) is 5.75 Å². The lowest BCUT2D eigenvalue weighted by Crippen LogP contribution is -2.19. The average Bonchev–Trinajstić information content (AvgIpc) is 2.57. The van der Waals surface area contributed by atoms with Crippen LogP contribution in [0.5, 0.6) is 5.75 Å². The third kappa shape index (κ3) is 2.57. The molecule has 0 spiro atoms. The molecule has 1 fully saturated rings. The Hall–Kier alpha value is -0.290. The molecular weight excluding hydrogens is 277 g/mol. The van der Waals surface area contributed by atoms with Crippen LogP contribution in [0.1, 0.15) is 6.42 Å². The van der Waals surface area contributed by atoms with Crippen LogP contribution in [0.25, 0.3) is 0 Å². The standard InChI is InChI=1S/C10H12INO/c11-8-2-1-3-9(6-8)13-10-4-5-12-7-10/h1-3,6,10,12H,4-5,7H2/t10-/m0/s1. The van der Waals surface area contributed by atoms with Crippen LogP contribution in [-0.4, -0.2) is 19.2 Å². The first kappa shape index (κ1) is 9.27. The topological polar surface area (TPSA) is 21.3 Å². The van der Waals surface area contributed by atoms with Crippen molar-refractivity contribution in [3.63, 3.8) is 0 Å². The molecule has 1 aromatic carbocycles. The van der Waals surface area contributed by atoms with Crippen LogP contribution in [-0.2, 0) is 0 Å². The molecule has 0 saturated carbocycles. The Labute approximate surface area is 91.8 Å². The molecule has 1 aliphatic rings. The quantitative estimate of drug-likeness (QED) is 0.841. The molecule has 1 saturated heterocycles. The van der Waals surface area contributed by atoms with E-state index in [2.05, 4.69) is 40.0 Å². The molecule has 1 N–H and O–H groups in total. The number of rotatable bonds is 2. The Morgan fingerprint density at radius 1 is 1.46 bits per heavy atom. The van der Waals surface area contributed by atoms with Crippen molar-refractivity contribution in [2.75, 3.05) is 13.1 Å².